The molecule has 2 aromatic carbocycles. The van der Waals surface area contributed by atoms with E-state index in [1.165, 1.54) is 6.07 Å². The van der Waals surface area contributed by atoms with Crippen LogP contribution in [0.3, 0.4) is 0 Å². The summed E-state index contributed by atoms with van der Waals surface area (Å²) in [5, 5.41) is 10.6. The molecule has 0 saturated heterocycles. The largest absolute Gasteiger partial charge is 0.489 e. The van der Waals surface area contributed by atoms with E-state index in [2.05, 4.69) is 20.7 Å². The van der Waals surface area contributed by atoms with Crippen molar-refractivity contribution in [3.05, 3.63) is 52.8 Å². The fourth-order valence-corrected chi connectivity index (χ4v) is 5.37. The zero-order valence-electron chi connectivity index (χ0n) is 25.4. The summed E-state index contributed by atoms with van der Waals surface area (Å²) in [6.07, 6.45) is 1.29. The number of hydrogen-bond donors (Lipinski definition) is 5. The molecule has 0 spiro atoms. The second-order valence-corrected chi connectivity index (χ2v) is 10.6. The summed E-state index contributed by atoms with van der Waals surface area (Å²) in [6, 6.07) is 7.74. The Kier molecular flexibility index (Phi) is 9.08. The van der Waals surface area contributed by atoms with E-state index >= 15 is 0 Å². The van der Waals surface area contributed by atoms with Crippen molar-refractivity contribution in [2.24, 2.45) is 11.5 Å². The minimum atomic E-state index is -0.616. The maximum atomic E-state index is 13.4. The van der Waals surface area contributed by atoms with Gasteiger partial charge in [0.2, 0.25) is 17.8 Å². The van der Waals surface area contributed by atoms with Gasteiger partial charge in [-0.15, -0.1) is 0 Å². The molecule has 15 nitrogen and oxygen atoms in total. The molecular weight excluding hydrogens is 582 g/mol. The molecule has 45 heavy (non-hydrogen) atoms. The number of methoxy groups -OCH3 is 1. The van der Waals surface area contributed by atoms with Crippen molar-refractivity contribution >= 4 is 46.1 Å². The van der Waals surface area contributed by atoms with E-state index < -0.39 is 11.8 Å². The lowest BCUT2D eigenvalue weighted by molar-refractivity contribution is 0.0991. The summed E-state index contributed by atoms with van der Waals surface area (Å²) >= 11 is 0. The van der Waals surface area contributed by atoms with E-state index in [-0.39, 0.29) is 36.3 Å². The summed E-state index contributed by atoms with van der Waals surface area (Å²) in [5.41, 5.74) is 20.9. The Morgan fingerprint density at radius 1 is 1.09 bits per heavy atom. The van der Waals surface area contributed by atoms with Gasteiger partial charge in [0.25, 0.3) is 5.91 Å². The molecule has 0 fully saturated rings. The molecule has 3 amide bonds. The molecule has 1 aliphatic heterocycles. The van der Waals surface area contributed by atoms with Crippen LogP contribution in [0.15, 0.2) is 30.3 Å². The van der Waals surface area contributed by atoms with E-state index in [0.29, 0.717) is 78.1 Å². The van der Waals surface area contributed by atoms with E-state index in [9.17, 15) is 14.4 Å². The minimum Gasteiger partial charge on any atom is -0.489 e. The molecule has 8 N–H and O–H groups in total. The lowest BCUT2D eigenvalue weighted by Crippen LogP contribution is -2.26. The van der Waals surface area contributed by atoms with Crippen LogP contribution in [0.25, 0.3) is 11.0 Å². The van der Waals surface area contributed by atoms with Crippen molar-refractivity contribution in [1.29, 1.82) is 0 Å². The highest BCUT2D eigenvalue weighted by Gasteiger charge is 2.29. The number of nitrogens with two attached hydrogens (primary N) is 3. The van der Waals surface area contributed by atoms with Gasteiger partial charge in [-0.25, -0.2) is 4.98 Å². The molecule has 0 aliphatic carbocycles. The van der Waals surface area contributed by atoms with Gasteiger partial charge in [-0.1, -0.05) is 0 Å². The number of carbonyl (C=O) groups is 3. The first-order valence-electron chi connectivity index (χ1n) is 14.5. The predicted molar refractivity (Wildman–Crippen MR) is 168 cm³/mol. The zero-order valence-corrected chi connectivity index (χ0v) is 25.4. The number of nitrogens with zero attached hydrogens (tertiary/aromatic N) is 4. The fourth-order valence-electron chi connectivity index (χ4n) is 5.37. The number of nitrogen functional groups attached to an aromatic ring is 1. The monoisotopic (exact) mass is 619 g/mol. The van der Waals surface area contributed by atoms with E-state index in [1.807, 2.05) is 18.4 Å². The van der Waals surface area contributed by atoms with Gasteiger partial charge in [0.15, 0.2) is 0 Å². The molecule has 0 saturated carbocycles. The van der Waals surface area contributed by atoms with Crippen molar-refractivity contribution in [3.63, 3.8) is 0 Å². The highest BCUT2D eigenvalue weighted by molar-refractivity contribution is 6.04. The molecule has 238 valence electrons. The van der Waals surface area contributed by atoms with Gasteiger partial charge < -0.3 is 41.3 Å². The van der Waals surface area contributed by atoms with Crippen molar-refractivity contribution < 1.29 is 28.6 Å². The molecular formula is C30H37N9O6. The highest BCUT2D eigenvalue weighted by Crippen LogP contribution is 2.39. The van der Waals surface area contributed by atoms with Crippen LogP contribution in [0.1, 0.15) is 62.7 Å². The van der Waals surface area contributed by atoms with Crippen molar-refractivity contribution in [1.82, 2.24) is 19.3 Å². The minimum absolute atomic E-state index is 0.205. The predicted octanol–water partition coefficient (Wildman–Crippen LogP) is 2.44. The molecule has 0 unspecified atom stereocenters. The fraction of sp³-hybridized carbons (Fsp3) is 0.367. The first-order valence-corrected chi connectivity index (χ1v) is 14.5. The number of anilines is 3. The van der Waals surface area contributed by atoms with Crippen LogP contribution in [-0.2, 0) is 11.3 Å². The molecule has 1 atom stereocenters. The van der Waals surface area contributed by atoms with Gasteiger partial charge in [0, 0.05) is 31.3 Å². The summed E-state index contributed by atoms with van der Waals surface area (Å²) in [7, 11) is 1.56. The summed E-state index contributed by atoms with van der Waals surface area (Å²) < 4.78 is 20.5. The van der Waals surface area contributed by atoms with Gasteiger partial charge in [-0.2, -0.15) is 5.10 Å². The number of aromatic nitrogens is 4. The van der Waals surface area contributed by atoms with Gasteiger partial charge in [-0.05, 0) is 57.0 Å². The lowest BCUT2D eigenvalue weighted by atomic mass is 10.1. The van der Waals surface area contributed by atoms with Crippen LogP contribution in [0.2, 0.25) is 0 Å². The number of ether oxygens (including phenoxy) is 3. The molecule has 3 heterocycles. The number of amides is 3. The maximum Gasteiger partial charge on any atom is 0.276 e. The summed E-state index contributed by atoms with van der Waals surface area (Å²) in [4.78, 5) is 41.8. The topological polar surface area (TPSA) is 217 Å². The van der Waals surface area contributed by atoms with Crippen molar-refractivity contribution in [3.8, 4) is 11.5 Å². The molecule has 2 aromatic heterocycles. The highest BCUT2D eigenvalue weighted by atomic mass is 16.5. The Morgan fingerprint density at radius 2 is 1.84 bits per heavy atom. The second kappa shape index (κ2) is 13.1. The molecule has 5 rings (SSSR count). The van der Waals surface area contributed by atoms with Gasteiger partial charge in [0.05, 0.1) is 29.5 Å². The molecule has 1 aliphatic rings. The van der Waals surface area contributed by atoms with Crippen LogP contribution in [-0.4, -0.2) is 70.5 Å². The number of benzene rings is 2. The second-order valence-electron chi connectivity index (χ2n) is 10.6. The third kappa shape index (κ3) is 6.47. The smallest absolute Gasteiger partial charge is 0.276 e. The average Bonchev–Trinajstić information content (AvgIpc) is 3.57. The van der Waals surface area contributed by atoms with Gasteiger partial charge in [-0.3, -0.25) is 24.4 Å². The van der Waals surface area contributed by atoms with E-state index in [1.54, 1.807) is 36.1 Å². The Hall–Kier alpha value is -5.31. The van der Waals surface area contributed by atoms with Gasteiger partial charge in [0.1, 0.15) is 41.6 Å². The van der Waals surface area contributed by atoms with Crippen LogP contribution in [0, 0.1) is 6.92 Å². The number of primary amides is 2. The number of aryl methyl sites for hydroxylation is 2. The van der Waals surface area contributed by atoms with Crippen molar-refractivity contribution in [2.45, 2.75) is 39.3 Å². The normalized spacial score (nSPS) is 13.8. The number of imidazole rings is 1. The van der Waals surface area contributed by atoms with Crippen LogP contribution < -0.4 is 37.3 Å². The molecule has 4 aromatic rings. The Labute approximate surface area is 259 Å². The lowest BCUT2D eigenvalue weighted by Gasteiger charge is -2.27. The van der Waals surface area contributed by atoms with Crippen LogP contribution in [0.4, 0.5) is 17.3 Å². The van der Waals surface area contributed by atoms with Crippen LogP contribution >= 0.6 is 0 Å². The quantitative estimate of drug-likeness (QED) is 0.103. The third-order valence-corrected chi connectivity index (χ3v) is 7.47. The Balaban J connectivity index is 1.38. The average molecular weight is 620 g/mol. The maximum absolute atomic E-state index is 13.4. The summed E-state index contributed by atoms with van der Waals surface area (Å²) in [5.74, 6) is -0.415. The molecule has 15 heteroatoms. The van der Waals surface area contributed by atoms with Crippen LogP contribution in [0.5, 0.6) is 11.5 Å². The summed E-state index contributed by atoms with van der Waals surface area (Å²) in [6.45, 7) is 5.64. The number of carbonyl (C=O) groups excluding carboxylic acids is 3. The first-order chi connectivity index (χ1) is 21.6. The third-order valence-electron chi connectivity index (χ3n) is 7.47. The van der Waals surface area contributed by atoms with E-state index in [0.717, 1.165) is 5.69 Å². The Morgan fingerprint density at radius 3 is 2.56 bits per heavy atom. The SMILES string of the molecule is CCn1nc(C)cc1C(=O)Nc1nc2cc(C(N)=O)cc3c2n1[C@@H](CCCNc1c(N)cc(C(N)=O)cc1OCCOC)CO3. The standard InChI is InChI=1S/C30H37N9O6/c1-4-38-22(10-16(2)37-38)29(42)36-30-35-21-12-18(28(33)41)14-24-26(21)39(30)19(15-45-24)6-5-7-34-25-20(31)11-17(27(32)40)13-23(25)44-9-8-43-3/h10-14,19,34H,4-9,15,31H2,1-3H3,(H2,32,40)(H2,33,41)(H,35,36,42)/t19-/m0/s1. The molecule has 0 radical (unpaired) electrons. The molecule has 0 bridgehead atoms. The number of hydrogen-bond acceptors (Lipinski definition) is 10. The first kappa shape index (κ1) is 31.1. The number of nitrogens with one attached hydrogen (secondary N) is 2. The Bertz CT molecular complexity index is 1760. The van der Waals surface area contributed by atoms with Gasteiger partial charge >= 0.3 is 0 Å². The van der Waals surface area contributed by atoms with E-state index in [4.69, 9.17) is 31.4 Å². The van der Waals surface area contributed by atoms with Crippen molar-refractivity contribution in [2.75, 3.05) is 49.8 Å². The zero-order chi connectivity index (χ0) is 32.2. The number of rotatable bonds is 14.